The molecule has 0 saturated carbocycles. The average Bonchev–Trinajstić information content (AvgIpc) is 3.13. The molecule has 0 fully saturated rings. The van der Waals surface area contributed by atoms with Gasteiger partial charge in [0.1, 0.15) is 16.8 Å². The monoisotopic (exact) mass is 373 g/mol. The summed E-state index contributed by atoms with van der Waals surface area (Å²) >= 11 is 1.50. The number of nitrogens with one attached hydrogen (secondary N) is 2. The summed E-state index contributed by atoms with van der Waals surface area (Å²) in [7, 11) is 1.63. The van der Waals surface area contributed by atoms with Crippen LogP contribution in [0.1, 0.15) is 26.0 Å². The normalized spacial score (nSPS) is 12.0. The highest BCUT2D eigenvalue weighted by Gasteiger charge is 2.13. The zero-order valence-electron chi connectivity index (χ0n) is 15.1. The van der Waals surface area contributed by atoms with E-state index in [9.17, 15) is 9.59 Å². The Morgan fingerprint density at radius 1 is 1.31 bits per heavy atom. The van der Waals surface area contributed by atoms with Gasteiger partial charge in [0, 0.05) is 23.6 Å². The molecule has 2 N–H and O–H groups in total. The largest absolute Gasteiger partial charge is 0.497 e. The van der Waals surface area contributed by atoms with Crippen molar-refractivity contribution in [2.24, 2.45) is 0 Å². The van der Waals surface area contributed by atoms with Crippen LogP contribution >= 0.6 is 11.3 Å². The number of carbonyl (C=O) groups excluding carboxylic acids is 2. The summed E-state index contributed by atoms with van der Waals surface area (Å²) in [5, 5.41) is 8.11. The van der Waals surface area contributed by atoms with E-state index in [0.717, 1.165) is 22.7 Å². The van der Waals surface area contributed by atoms with Crippen molar-refractivity contribution in [2.75, 3.05) is 13.7 Å². The lowest BCUT2D eigenvalue weighted by Gasteiger charge is -2.12. The number of ether oxygens (including phenoxy) is 1. The van der Waals surface area contributed by atoms with E-state index in [-0.39, 0.29) is 11.8 Å². The van der Waals surface area contributed by atoms with Crippen LogP contribution in [-0.4, -0.2) is 36.5 Å². The van der Waals surface area contributed by atoms with Gasteiger partial charge in [-0.2, -0.15) is 0 Å². The average molecular weight is 373 g/mol. The molecule has 2 rings (SSSR count). The van der Waals surface area contributed by atoms with Gasteiger partial charge in [-0.3, -0.25) is 9.59 Å². The van der Waals surface area contributed by atoms with Gasteiger partial charge in [0.15, 0.2) is 0 Å². The van der Waals surface area contributed by atoms with Gasteiger partial charge in [-0.1, -0.05) is 6.92 Å². The van der Waals surface area contributed by atoms with E-state index in [4.69, 9.17) is 4.74 Å². The lowest BCUT2D eigenvalue weighted by atomic mass is 10.2. The first-order chi connectivity index (χ1) is 12.5. The predicted octanol–water partition coefficient (Wildman–Crippen LogP) is 2.86. The molecule has 0 spiro atoms. The maximum Gasteiger partial charge on any atom is 0.244 e. The number of aromatic nitrogens is 1. The van der Waals surface area contributed by atoms with Crippen LogP contribution in [0.2, 0.25) is 0 Å². The van der Waals surface area contributed by atoms with Crippen molar-refractivity contribution in [3.05, 3.63) is 41.4 Å². The molecule has 26 heavy (non-hydrogen) atoms. The summed E-state index contributed by atoms with van der Waals surface area (Å²) in [4.78, 5) is 28.2. The molecule has 1 heterocycles. The molecule has 6 nitrogen and oxygen atoms in total. The molecule has 138 valence electrons. The van der Waals surface area contributed by atoms with Gasteiger partial charge >= 0.3 is 0 Å². The smallest absolute Gasteiger partial charge is 0.244 e. The number of methoxy groups -OCH3 is 1. The van der Waals surface area contributed by atoms with E-state index in [0.29, 0.717) is 12.2 Å². The van der Waals surface area contributed by atoms with Crippen molar-refractivity contribution in [3.8, 4) is 16.3 Å². The second kappa shape index (κ2) is 9.72. The van der Waals surface area contributed by atoms with Crippen molar-refractivity contribution in [1.29, 1.82) is 0 Å². The topological polar surface area (TPSA) is 80.3 Å². The molecule has 0 radical (unpaired) electrons. The van der Waals surface area contributed by atoms with Crippen LogP contribution in [0.15, 0.2) is 35.7 Å². The number of carbonyl (C=O) groups is 2. The molecular formula is C19H23N3O3S. The van der Waals surface area contributed by atoms with E-state index < -0.39 is 6.04 Å². The molecule has 0 aliphatic carbocycles. The van der Waals surface area contributed by atoms with E-state index in [2.05, 4.69) is 15.6 Å². The molecule has 1 atom stereocenters. The van der Waals surface area contributed by atoms with Crippen LogP contribution in [0.25, 0.3) is 16.6 Å². The van der Waals surface area contributed by atoms with Crippen molar-refractivity contribution in [3.63, 3.8) is 0 Å². The molecule has 1 unspecified atom stereocenters. The fourth-order valence-electron chi connectivity index (χ4n) is 2.12. The van der Waals surface area contributed by atoms with Gasteiger partial charge < -0.3 is 15.4 Å². The summed E-state index contributed by atoms with van der Waals surface area (Å²) < 4.78 is 5.14. The van der Waals surface area contributed by atoms with Gasteiger partial charge in [-0.15, -0.1) is 11.3 Å². The van der Waals surface area contributed by atoms with Crippen molar-refractivity contribution in [1.82, 2.24) is 15.6 Å². The third kappa shape index (κ3) is 5.70. The van der Waals surface area contributed by atoms with Crippen molar-refractivity contribution in [2.45, 2.75) is 26.3 Å². The fraction of sp³-hybridized carbons (Fsp3) is 0.316. The number of rotatable bonds is 8. The third-order valence-corrected chi connectivity index (χ3v) is 4.48. The Kier molecular flexibility index (Phi) is 7.35. The number of thiazole rings is 1. The summed E-state index contributed by atoms with van der Waals surface area (Å²) in [5.41, 5.74) is 1.68. The summed E-state index contributed by atoms with van der Waals surface area (Å²) in [6, 6.07) is 7.06. The Morgan fingerprint density at radius 2 is 2.04 bits per heavy atom. The lowest BCUT2D eigenvalue weighted by molar-refractivity contribution is -0.126. The Morgan fingerprint density at radius 3 is 2.69 bits per heavy atom. The number of hydrogen-bond donors (Lipinski definition) is 2. The second-order valence-corrected chi connectivity index (χ2v) is 6.52. The van der Waals surface area contributed by atoms with E-state index in [1.807, 2.05) is 36.6 Å². The van der Waals surface area contributed by atoms with Crippen molar-refractivity contribution < 1.29 is 14.3 Å². The van der Waals surface area contributed by atoms with E-state index in [1.165, 1.54) is 17.4 Å². The maximum absolute atomic E-state index is 11.9. The lowest BCUT2D eigenvalue weighted by Crippen LogP contribution is -2.44. The van der Waals surface area contributed by atoms with Gasteiger partial charge in [0.2, 0.25) is 11.8 Å². The van der Waals surface area contributed by atoms with Crippen LogP contribution < -0.4 is 15.4 Å². The molecular weight excluding hydrogens is 350 g/mol. The molecule has 0 bridgehead atoms. The standard InChI is InChI=1S/C19H23N3O3S/c1-4-11-20-18(24)13(2)21-17(23)10-7-15-12-26-19(22-15)14-5-8-16(25-3)9-6-14/h5-10,12-13H,4,11H2,1-3H3,(H,20,24)(H,21,23). The van der Waals surface area contributed by atoms with Gasteiger partial charge in [-0.25, -0.2) is 4.98 Å². The van der Waals surface area contributed by atoms with Crippen LogP contribution in [0, 0.1) is 0 Å². The molecule has 1 aromatic carbocycles. The SMILES string of the molecule is CCCNC(=O)C(C)NC(=O)C=Cc1csc(-c2ccc(OC)cc2)n1. The third-order valence-electron chi connectivity index (χ3n) is 3.57. The molecule has 0 saturated heterocycles. The van der Waals surface area contributed by atoms with Crippen LogP contribution in [-0.2, 0) is 9.59 Å². The number of amides is 2. The van der Waals surface area contributed by atoms with Crippen LogP contribution in [0.3, 0.4) is 0 Å². The first-order valence-electron chi connectivity index (χ1n) is 8.39. The Bertz CT molecular complexity index is 769. The maximum atomic E-state index is 11.9. The Labute approximate surface area is 157 Å². The fourth-order valence-corrected chi connectivity index (χ4v) is 2.91. The summed E-state index contributed by atoms with van der Waals surface area (Å²) in [5.74, 6) is 0.270. The molecule has 1 aromatic heterocycles. The quantitative estimate of drug-likeness (QED) is 0.697. The summed E-state index contributed by atoms with van der Waals surface area (Å²) in [6.07, 6.45) is 3.87. The first-order valence-corrected chi connectivity index (χ1v) is 9.27. The highest BCUT2D eigenvalue weighted by molar-refractivity contribution is 7.13. The van der Waals surface area contributed by atoms with E-state index >= 15 is 0 Å². The van der Waals surface area contributed by atoms with Crippen LogP contribution in [0.5, 0.6) is 5.75 Å². The molecule has 2 aromatic rings. The number of hydrogen-bond acceptors (Lipinski definition) is 5. The van der Waals surface area contributed by atoms with Gasteiger partial charge in [0.05, 0.1) is 12.8 Å². The first kappa shape index (κ1) is 19.7. The molecule has 0 aliphatic heterocycles. The molecule has 7 heteroatoms. The number of nitrogens with zero attached hydrogens (tertiary/aromatic N) is 1. The second-order valence-electron chi connectivity index (χ2n) is 5.66. The number of benzene rings is 1. The summed E-state index contributed by atoms with van der Waals surface area (Å²) in [6.45, 7) is 4.23. The van der Waals surface area contributed by atoms with E-state index in [1.54, 1.807) is 20.1 Å². The minimum absolute atomic E-state index is 0.191. The zero-order valence-corrected chi connectivity index (χ0v) is 15.9. The molecule has 0 aliphatic rings. The Balaban J connectivity index is 1.92. The Hall–Kier alpha value is -2.67. The minimum atomic E-state index is -0.580. The highest BCUT2D eigenvalue weighted by Crippen LogP contribution is 2.26. The predicted molar refractivity (Wildman–Crippen MR) is 104 cm³/mol. The van der Waals surface area contributed by atoms with Gasteiger partial charge in [0.25, 0.3) is 0 Å². The highest BCUT2D eigenvalue weighted by atomic mass is 32.1. The van der Waals surface area contributed by atoms with Crippen LogP contribution in [0.4, 0.5) is 0 Å². The van der Waals surface area contributed by atoms with Crippen molar-refractivity contribution >= 4 is 29.2 Å². The zero-order chi connectivity index (χ0) is 18.9. The molecule has 2 amide bonds. The van der Waals surface area contributed by atoms with Gasteiger partial charge in [-0.05, 0) is 43.7 Å². The minimum Gasteiger partial charge on any atom is -0.497 e.